The minimum Gasteiger partial charge on any atom is -0.368 e. The number of anilines is 1. The molecule has 134 valence electrons. The minimum absolute atomic E-state index is 0.193. The van der Waals surface area contributed by atoms with Crippen molar-refractivity contribution in [3.8, 4) is 0 Å². The van der Waals surface area contributed by atoms with Crippen LogP contribution in [0.5, 0.6) is 0 Å². The van der Waals surface area contributed by atoms with E-state index in [1.165, 1.54) is 6.92 Å². The highest BCUT2D eigenvalue weighted by Gasteiger charge is 2.17. The Morgan fingerprint density at radius 1 is 1.04 bits per heavy atom. The summed E-state index contributed by atoms with van der Waals surface area (Å²) in [6.07, 6.45) is 3.95. The van der Waals surface area contributed by atoms with Crippen molar-refractivity contribution < 1.29 is 14.4 Å². The van der Waals surface area contributed by atoms with Gasteiger partial charge in [-0.3, -0.25) is 14.4 Å². The number of benzene rings is 2. The Morgan fingerprint density at radius 3 is 2.27 bits per heavy atom. The molecule has 2 aromatic carbocycles. The monoisotopic (exact) mass is 351 g/mol. The molecule has 0 unspecified atom stereocenters. The molecule has 4 N–H and O–H groups in total. The molecule has 0 bridgehead atoms. The molecule has 0 aliphatic carbocycles. The van der Waals surface area contributed by atoms with E-state index in [1.54, 1.807) is 30.3 Å². The van der Waals surface area contributed by atoms with E-state index in [0.29, 0.717) is 17.7 Å². The standard InChI is InChI=1S/C20H21N3O3/c1-14(24)22-17-12-10-16(11-13-17)20(26)23-18(19(21)25)9-5-8-15-6-3-2-4-7-15/h2-8,10-13,18H,9H2,1H3,(H2,21,25)(H,22,24)(H,23,26)/b8-5+/t18-/m1/s1. The van der Waals surface area contributed by atoms with Crippen molar-refractivity contribution in [1.82, 2.24) is 5.32 Å². The molecule has 0 heterocycles. The number of amides is 3. The minimum atomic E-state index is -0.808. The van der Waals surface area contributed by atoms with Crippen LogP contribution in [-0.4, -0.2) is 23.8 Å². The lowest BCUT2D eigenvalue weighted by Crippen LogP contribution is -2.44. The van der Waals surface area contributed by atoms with E-state index in [2.05, 4.69) is 10.6 Å². The first-order valence-corrected chi connectivity index (χ1v) is 8.15. The summed E-state index contributed by atoms with van der Waals surface area (Å²) in [7, 11) is 0. The van der Waals surface area contributed by atoms with Crippen molar-refractivity contribution in [3.63, 3.8) is 0 Å². The van der Waals surface area contributed by atoms with Gasteiger partial charge < -0.3 is 16.4 Å². The topological polar surface area (TPSA) is 101 Å². The van der Waals surface area contributed by atoms with Gasteiger partial charge >= 0.3 is 0 Å². The molecule has 0 saturated heterocycles. The Morgan fingerprint density at radius 2 is 1.69 bits per heavy atom. The zero-order valence-corrected chi connectivity index (χ0v) is 14.4. The maximum atomic E-state index is 12.3. The fourth-order valence-electron chi connectivity index (χ4n) is 2.30. The number of hydrogen-bond donors (Lipinski definition) is 3. The van der Waals surface area contributed by atoms with E-state index in [0.717, 1.165) is 5.56 Å². The normalized spacial score (nSPS) is 11.7. The SMILES string of the molecule is CC(=O)Nc1ccc(C(=O)N[C@H](C/C=C/c2ccccc2)C(N)=O)cc1. The largest absolute Gasteiger partial charge is 0.368 e. The second-order valence-corrected chi connectivity index (χ2v) is 5.74. The number of hydrogen-bond acceptors (Lipinski definition) is 3. The highest BCUT2D eigenvalue weighted by atomic mass is 16.2. The molecule has 0 fully saturated rings. The molecule has 0 aliphatic rings. The summed E-state index contributed by atoms with van der Waals surface area (Å²) in [6.45, 7) is 1.40. The van der Waals surface area contributed by atoms with Crippen molar-refractivity contribution in [2.75, 3.05) is 5.32 Å². The molecule has 0 saturated carbocycles. The second kappa shape index (κ2) is 9.17. The smallest absolute Gasteiger partial charge is 0.251 e. The number of carbonyl (C=O) groups is 3. The van der Waals surface area contributed by atoms with Crippen molar-refractivity contribution in [3.05, 3.63) is 71.8 Å². The average Bonchev–Trinajstić information content (AvgIpc) is 2.61. The van der Waals surface area contributed by atoms with Crippen molar-refractivity contribution >= 4 is 29.5 Å². The van der Waals surface area contributed by atoms with E-state index >= 15 is 0 Å². The van der Waals surface area contributed by atoms with E-state index < -0.39 is 17.9 Å². The molecule has 0 spiro atoms. The Balaban J connectivity index is 1.98. The van der Waals surface area contributed by atoms with Crippen LogP contribution in [0.3, 0.4) is 0 Å². The van der Waals surface area contributed by atoms with Crippen LogP contribution in [0.1, 0.15) is 29.3 Å². The fraction of sp³-hybridized carbons (Fsp3) is 0.150. The van der Waals surface area contributed by atoms with Gasteiger partial charge in [0.25, 0.3) is 5.91 Å². The molecule has 6 heteroatoms. The number of nitrogens with two attached hydrogens (primary N) is 1. The summed E-state index contributed by atoms with van der Waals surface area (Å²) in [6, 6.07) is 15.2. The van der Waals surface area contributed by atoms with Crippen LogP contribution in [0.2, 0.25) is 0 Å². The molecule has 0 radical (unpaired) electrons. The zero-order chi connectivity index (χ0) is 18.9. The van der Waals surface area contributed by atoms with Gasteiger partial charge in [-0.2, -0.15) is 0 Å². The molecular formula is C20H21N3O3. The van der Waals surface area contributed by atoms with Crippen LogP contribution < -0.4 is 16.4 Å². The van der Waals surface area contributed by atoms with Gasteiger partial charge in [-0.15, -0.1) is 0 Å². The van der Waals surface area contributed by atoms with Gasteiger partial charge in [-0.05, 0) is 36.2 Å². The van der Waals surface area contributed by atoms with Crippen LogP contribution in [0.15, 0.2) is 60.7 Å². The van der Waals surface area contributed by atoms with Crippen LogP contribution in [-0.2, 0) is 9.59 Å². The van der Waals surface area contributed by atoms with E-state index in [-0.39, 0.29) is 5.91 Å². The van der Waals surface area contributed by atoms with Crippen molar-refractivity contribution in [1.29, 1.82) is 0 Å². The molecule has 2 aromatic rings. The number of carbonyl (C=O) groups excluding carboxylic acids is 3. The summed E-state index contributed by atoms with van der Waals surface area (Å²) in [5.41, 5.74) is 7.34. The summed E-state index contributed by atoms with van der Waals surface area (Å²) in [4.78, 5) is 34.9. The van der Waals surface area contributed by atoms with Crippen LogP contribution >= 0.6 is 0 Å². The summed E-state index contributed by atoms with van der Waals surface area (Å²) < 4.78 is 0. The molecule has 0 aliphatic heterocycles. The highest BCUT2D eigenvalue weighted by Crippen LogP contribution is 2.10. The van der Waals surface area contributed by atoms with Crippen molar-refractivity contribution in [2.24, 2.45) is 5.73 Å². The van der Waals surface area contributed by atoms with Gasteiger partial charge in [0.05, 0.1) is 0 Å². The first-order valence-electron chi connectivity index (χ1n) is 8.15. The van der Waals surface area contributed by atoms with Gasteiger partial charge in [0.15, 0.2) is 0 Å². The summed E-state index contributed by atoms with van der Waals surface area (Å²) in [5.74, 6) is -1.21. The van der Waals surface area contributed by atoms with Gasteiger partial charge in [-0.1, -0.05) is 42.5 Å². The number of rotatable bonds is 7. The lowest BCUT2D eigenvalue weighted by molar-refractivity contribution is -0.119. The fourth-order valence-corrected chi connectivity index (χ4v) is 2.30. The first kappa shape index (κ1) is 18.9. The Bertz CT molecular complexity index is 799. The molecule has 3 amide bonds. The number of primary amides is 1. The predicted molar refractivity (Wildman–Crippen MR) is 101 cm³/mol. The van der Waals surface area contributed by atoms with Gasteiger partial charge in [0.1, 0.15) is 6.04 Å². The van der Waals surface area contributed by atoms with E-state index in [4.69, 9.17) is 5.73 Å². The molecule has 26 heavy (non-hydrogen) atoms. The Hall–Kier alpha value is -3.41. The lowest BCUT2D eigenvalue weighted by atomic mass is 10.1. The molecule has 2 rings (SSSR count). The maximum Gasteiger partial charge on any atom is 0.251 e. The first-order chi connectivity index (χ1) is 12.5. The molecule has 1 atom stereocenters. The van der Waals surface area contributed by atoms with E-state index in [9.17, 15) is 14.4 Å². The number of nitrogens with one attached hydrogen (secondary N) is 2. The van der Waals surface area contributed by atoms with E-state index in [1.807, 2.05) is 36.4 Å². The molecule has 0 aromatic heterocycles. The van der Waals surface area contributed by atoms with Gasteiger partial charge in [0, 0.05) is 18.2 Å². The van der Waals surface area contributed by atoms with Crippen LogP contribution in [0.4, 0.5) is 5.69 Å². The van der Waals surface area contributed by atoms with Crippen LogP contribution in [0, 0.1) is 0 Å². The zero-order valence-electron chi connectivity index (χ0n) is 14.4. The summed E-state index contributed by atoms with van der Waals surface area (Å²) >= 11 is 0. The second-order valence-electron chi connectivity index (χ2n) is 5.74. The lowest BCUT2D eigenvalue weighted by Gasteiger charge is -2.14. The third kappa shape index (κ3) is 5.90. The van der Waals surface area contributed by atoms with Crippen LogP contribution in [0.25, 0.3) is 6.08 Å². The average molecular weight is 351 g/mol. The maximum absolute atomic E-state index is 12.3. The van der Waals surface area contributed by atoms with Gasteiger partial charge in [0.2, 0.25) is 11.8 Å². The quantitative estimate of drug-likeness (QED) is 0.713. The van der Waals surface area contributed by atoms with Crippen molar-refractivity contribution in [2.45, 2.75) is 19.4 Å². The molecular weight excluding hydrogens is 330 g/mol. The Labute approximate surface area is 152 Å². The van der Waals surface area contributed by atoms with Gasteiger partial charge in [-0.25, -0.2) is 0 Å². The predicted octanol–water partition coefficient (Wildman–Crippen LogP) is 2.33. The summed E-state index contributed by atoms with van der Waals surface area (Å²) in [5, 5.41) is 5.25. The third-order valence-electron chi connectivity index (χ3n) is 3.60. The highest BCUT2D eigenvalue weighted by molar-refractivity contribution is 5.98. The third-order valence-corrected chi connectivity index (χ3v) is 3.60. The molecule has 6 nitrogen and oxygen atoms in total. The Kier molecular flexibility index (Phi) is 6.68.